The van der Waals surface area contributed by atoms with E-state index in [0.717, 1.165) is 6.42 Å². The van der Waals surface area contributed by atoms with E-state index < -0.39 is 0 Å². The maximum Gasteiger partial charge on any atom is 0.262 e. The fourth-order valence-corrected chi connectivity index (χ4v) is 3.83. The second-order valence-corrected chi connectivity index (χ2v) is 7.91. The summed E-state index contributed by atoms with van der Waals surface area (Å²) in [5.74, 6) is 1.15. The number of Topliss-reactive ketones (excluding diaryl/α,β-unsaturated/α-hetero) is 1. The van der Waals surface area contributed by atoms with Crippen LogP contribution in [0.5, 0.6) is 5.75 Å². The molecule has 146 valence electrons. The first-order valence-electron chi connectivity index (χ1n) is 9.30. The van der Waals surface area contributed by atoms with Crippen LogP contribution in [0, 0.1) is 5.92 Å². The van der Waals surface area contributed by atoms with Gasteiger partial charge in [-0.2, -0.15) is 0 Å². The molecule has 1 aromatic heterocycles. The monoisotopic (exact) mass is 396 g/mol. The van der Waals surface area contributed by atoms with E-state index in [-0.39, 0.29) is 17.1 Å². The number of aromatic nitrogens is 2. The second-order valence-electron chi connectivity index (χ2n) is 6.96. The van der Waals surface area contributed by atoms with E-state index in [1.807, 2.05) is 30.3 Å². The fraction of sp³-hybridized carbons (Fsp3) is 0.318. The summed E-state index contributed by atoms with van der Waals surface area (Å²) < 4.78 is 6.98. The lowest BCUT2D eigenvalue weighted by molar-refractivity contribution is 0.101. The Balaban J connectivity index is 1.91. The van der Waals surface area contributed by atoms with Crippen molar-refractivity contribution in [1.82, 2.24) is 9.55 Å². The normalized spacial score (nSPS) is 11.1. The molecule has 0 fully saturated rings. The lowest BCUT2D eigenvalue weighted by atomic mass is 10.1. The molecule has 0 spiro atoms. The number of para-hydroxylation sites is 2. The van der Waals surface area contributed by atoms with E-state index in [0.29, 0.717) is 39.8 Å². The quantitative estimate of drug-likeness (QED) is 0.320. The Morgan fingerprint density at radius 1 is 1.14 bits per heavy atom. The van der Waals surface area contributed by atoms with Gasteiger partial charge in [-0.3, -0.25) is 14.2 Å². The van der Waals surface area contributed by atoms with Crippen molar-refractivity contribution in [3.8, 4) is 5.75 Å². The third-order valence-corrected chi connectivity index (χ3v) is 5.47. The van der Waals surface area contributed by atoms with Crippen molar-refractivity contribution < 1.29 is 9.53 Å². The van der Waals surface area contributed by atoms with Gasteiger partial charge in [0.25, 0.3) is 5.56 Å². The van der Waals surface area contributed by atoms with E-state index in [4.69, 9.17) is 4.74 Å². The number of nitrogens with zero attached hydrogens (tertiary/aromatic N) is 2. The molecule has 5 nitrogen and oxygen atoms in total. The summed E-state index contributed by atoms with van der Waals surface area (Å²) in [6.45, 7) is 4.83. The molecule has 0 radical (unpaired) electrons. The molecule has 0 amide bonds. The average Bonchev–Trinajstić information content (AvgIpc) is 2.71. The number of hydrogen-bond donors (Lipinski definition) is 0. The van der Waals surface area contributed by atoms with Gasteiger partial charge in [0.2, 0.25) is 0 Å². The minimum absolute atomic E-state index is 0.0553. The van der Waals surface area contributed by atoms with Crippen molar-refractivity contribution in [2.24, 2.45) is 5.92 Å². The van der Waals surface area contributed by atoms with Crippen molar-refractivity contribution in [2.75, 3.05) is 12.9 Å². The minimum atomic E-state index is -0.0570. The molecule has 0 aliphatic carbocycles. The number of carbonyl (C=O) groups excluding carboxylic acids is 1. The number of ketones is 1. The lowest BCUT2D eigenvalue weighted by Gasteiger charge is -2.14. The minimum Gasteiger partial charge on any atom is -0.496 e. The van der Waals surface area contributed by atoms with Crippen LogP contribution in [0.15, 0.2) is 58.5 Å². The number of rotatable bonds is 8. The summed E-state index contributed by atoms with van der Waals surface area (Å²) >= 11 is 1.30. The Morgan fingerprint density at radius 2 is 1.86 bits per heavy atom. The summed E-state index contributed by atoms with van der Waals surface area (Å²) in [7, 11) is 1.55. The molecule has 28 heavy (non-hydrogen) atoms. The van der Waals surface area contributed by atoms with Gasteiger partial charge >= 0.3 is 0 Å². The van der Waals surface area contributed by atoms with Crippen LogP contribution >= 0.6 is 11.8 Å². The highest BCUT2D eigenvalue weighted by Crippen LogP contribution is 2.23. The lowest BCUT2D eigenvalue weighted by Crippen LogP contribution is -2.24. The van der Waals surface area contributed by atoms with Crippen LogP contribution < -0.4 is 10.3 Å². The Kier molecular flexibility index (Phi) is 6.52. The van der Waals surface area contributed by atoms with Crippen molar-refractivity contribution >= 4 is 28.4 Å². The Bertz CT molecular complexity index is 1040. The summed E-state index contributed by atoms with van der Waals surface area (Å²) in [5, 5.41) is 1.18. The third-order valence-electron chi connectivity index (χ3n) is 4.50. The van der Waals surface area contributed by atoms with Crippen LogP contribution in [0.3, 0.4) is 0 Å². The maximum atomic E-state index is 13.0. The molecule has 3 rings (SSSR count). The van der Waals surface area contributed by atoms with E-state index >= 15 is 0 Å². The topological polar surface area (TPSA) is 61.2 Å². The van der Waals surface area contributed by atoms with Gasteiger partial charge in [-0.05, 0) is 36.6 Å². The number of thioether (sulfide) groups is 1. The molecule has 2 aromatic carbocycles. The number of methoxy groups -OCH3 is 1. The molecule has 0 saturated carbocycles. The highest BCUT2D eigenvalue weighted by Gasteiger charge is 2.16. The van der Waals surface area contributed by atoms with Crippen molar-refractivity contribution in [3.05, 3.63) is 64.4 Å². The fourth-order valence-electron chi connectivity index (χ4n) is 2.93. The molecule has 0 aliphatic rings. The molecule has 0 N–H and O–H groups in total. The molecule has 0 aliphatic heterocycles. The molecule has 0 atom stereocenters. The van der Waals surface area contributed by atoms with Gasteiger partial charge in [-0.25, -0.2) is 4.98 Å². The summed E-state index contributed by atoms with van der Waals surface area (Å²) in [4.78, 5) is 30.4. The van der Waals surface area contributed by atoms with Crippen LogP contribution in [0.2, 0.25) is 0 Å². The van der Waals surface area contributed by atoms with Crippen LogP contribution in [-0.4, -0.2) is 28.2 Å². The Labute approximate surface area is 168 Å². The van der Waals surface area contributed by atoms with Gasteiger partial charge in [-0.15, -0.1) is 0 Å². The van der Waals surface area contributed by atoms with E-state index in [2.05, 4.69) is 18.8 Å². The number of hydrogen-bond acceptors (Lipinski definition) is 5. The van der Waals surface area contributed by atoms with Gasteiger partial charge in [0.05, 0.1) is 29.3 Å². The van der Waals surface area contributed by atoms with Crippen LogP contribution in [0.4, 0.5) is 0 Å². The molecule has 0 saturated heterocycles. The first-order valence-corrected chi connectivity index (χ1v) is 10.3. The number of ether oxygens (including phenoxy) is 1. The van der Waals surface area contributed by atoms with Gasteiger partial charge < -0.3 is 4.74 Å². The highest BCUT2D eigenvalue weighted by molar-refractivity contribution is 7.99. The zero-order valence-electron chi connectivity index (χ0n) is 16.3. The Hall–Kier alpha value is -2.60. The molecular weight excluding hydrogens is 372 g/mol. The molecule has 0 bridgehead atoms. The molecule has 0 unspecified atom stereocenters. The maximum absolute atomic E-state index is 13.0. The number of benzene rings is 2. The van der Waals surface area contributed by atoms with E-state index in [9.17, 15) is 9.59 Å². The average molecular weight is 397 g/mol. The van der Waals surface area contributed by atoms with Crippen molar-refractivity contribution in [2.45, 2.75) is 32.0 Å². The highest BCUT2D eigenvalue weighted by atomic mass is 32.2. The van der Waals surface area contributed by atoms with E-state index in [1.165, 1.54) is 11.8 Å². The standard InChI is InChI=1S/C22H24N2O3S/c1-15(2)12-13-24-21(26)16-8-4-6-10-18(16)23-22(24)28-14-19(25)17-9-5-7-11-20(17)27-3/h4-11,15H,12-14H2,1-3H3. The number of fused-ring (bicyclic) bond motifs is 1. The molecule has 3 aromatic rings. The van der Waals surface area contributed by atoms with E-state index in [1.54, 1.807) is 29.9 Å². The predicted molar refractivity (Wildman–Crippen MR) is 114 cm³/mol. The molecule has 1 heterocycles. The van der Waals surface area contributed by atoms with Crippen molar-refractivity contribution in [1.29, 1.82) is 0 Å². The Morgan fingerprint density at radius 3 is 2.61 bits per heavy atom. The predicted octanol–water partition coefficient (Wildman–Crippen LogP) is 4.43. The van der Waals surface area contributed by atoms with Gasteiger partial charge in [0, 0.05) is 6.54 Å². The largest absolute Gasteiger partial charge is 0.496 e. The van der Waals surface area contributed by atoms with Gasteiger partial charge in [0.15, 0.2) is 10.9 Å². The van der Waals surface area contributed by atoms with Crippen molar-refractivity contribution in [3.63, 3.8) is 0 Å². The van der Waals surface area contributed by atoms with Gasteiger partial charge in [-0.1, -0.05) is 49.9 Å². The summed E-state index contributed by atoms with van der Waals surface area (Å²) in [6.07, 6.45) is 0.869. The zero-order chi connectivity index (χ0) is 20.1. The smallest absolute Gasteiger partial charge is 0.262 e. The first-order chi connectivity index (χ1) is 13.5. The zero-order valence-corrected chi connectivity index (χ0v) is 17.2. The molecular formula is C22H24N2O3S. The van der Waals surface area contributed by atoms with Crippen LogP contribution in [0.25, 0.3) is 10.9 Å². The summed E-state index contributed by atoms with van der Waals surface area (Å²) in [6, 6.07) is 14.5. The van der Waals surface area contributed by atoms with Gasteiger partial charge in [0.1, 0.15) is 5.75 Å². The first kappa shape index (κ1) is 20.1. The van der Waals surface area contributed by atoms with Crippen LogP contribution in [-0.2, 0) is 6.54 Å². The van der Waals surface area contributed by atoms with Crippen LogP contribution in [0.1, 0.15) is 30.6 Å². The third kappa shape index (κ3) is 4.44. The number of carbonyl (C=O) groups is 1. The SMILES string of the molecule is COc1ccccc1C(=O)CSc1nc2ccccc2c(=O)n1CCC(C)C. The summed E-state index contributed by atoms with van der Waals surface area (Å²) in [5.41, 5.74) is 1.13. The molecule has 6 heteroatoms. The second kappa shape index (κ2) is 9.06.